The first-order valence-electron chi connectivity index (χ1n) is 7.27. The second-order valence-corrected chi connectivity index (χ2v) is 7.58. The Hall–Kier alpha value is -2.19. The van der Waals surface area contributed by atoms with Crippen molar-refractivity contribution in [2.75, 3.05) is 26.0 Å². The fourth-order valence-electron chi connectivity index (χ4n) is 2.55. The van der Waals surface area contributed by atoms with Gasteiger partial charge < -0.3 is 10.2 Å². The van der Waals surface area contributed by atoms with Crippen molar-refractivity contribution in [1.82, 2.24) is 14.7 Å². The highest BCUT2D eigenvalue weighted by Gasteiger charge is 2.32. The van der Waals surface area contributed by atoms with Gasteiger partial charge in [0.25, 0.3) is 5.56 Å². The number of benzene rings is 1. The van der Waals surface area contributed by atoms with Crippen LogP contribution in [-0.4, -0.2) is 43.7 Å². The summed E-state index contributed by atoms with van der Waals surface area (Å²) >= 11 is 0. The number of sulfone groups is 1. The van der Waals surface area contributed by atoms with Crippen LogP contribution in [0.15, 0.2) is 45.0 Å². The molecule has 0 spiro atoms. The molecule has 0 fully saturated rings. The van der Waals surface area contributed by atoms with E-state index in [9.17, 15) is 13.2 Å². The fraction of sp³-hybridized carbons (Fsp3) is 0.333. The minimum absolute atomic E-state index is 0.0648. The van der Waals surface area contributed by atoms with Crippen LogP contribution in [0.4, 0.5) is 11.4 Å². The van der Waals surface area contributed by atoms with Gasteiger partial charge in [-0.2, -0.15) is 5.10 Å². The molecule has 0 saturated heterocycles. The molecule has 0 amide bonds. The quantitative estimate of drug-likeness (QED) is 0.769. The fourth-order valence-corrected chi connectivity index (χ4v) is 4.04. The number of rotatable bonds is 4. The lowest BCUT2D eigenvalue weighted by molar-refractivity contribution is 0.377. The standard InChI is InChI=1S/C15H18N4O3S/c1-18(2)8-5-9-19-15(20)14-13(10-16-19)23(21,22)12-7-4-3-6-11(12)17-14/h3-4,6-7,10,17H,5,8-9H2,1-2H3. The number of fused-ring (bicyclic) bond motifs is 2. The second kappa shape index (κ2) is 5.78. The Morgan fingerprint density at radius 2 is 1.96 bits per heavy atom. The van der Waals surface area contributed by atoms with Crippen molar-refractivity contribution in [2.45, 2.75) is 22.8 Å². The van der Waals surface area contributed by atoms with Crippen molar-refractivity contribution in [1.29, 1.82) is 0 Å². The highest BCUT2D eigenvalue weighted by atomic mass is 32.2. The summed E-state index contributed by atoms with van der Waals surface area (Å²) in [5.74, 6) is 0. The Labute approximate surface area is 134 Å². The van der Waals surface area contributed by atoms with Crippen molar-refractivity contribution in [3.8, 4) is 0 Å². The minimum Gasteiger partial charge on any atom is -0.349 e. The van der Waals surface area contributed by atoms with E-state index in [-0.39, 0.29) is 15.5 Å². The maximum absolute atomic E-state index is 12.6. The Morgan fingerprint density at radius 3 is 2.70 bits per heavy atom. The van der Waals surface area contributed by atoms with Crippen molar-refractivity contribution < 1.29 is 8.42 Å². The molecule has 1 aliphatic heterocycles. The summed E-state index contributed by atoms with van der Waals surface area (Å²) in [6.07, 6.45) is 2.01. The van der Waals surface area contributed by atoms with Crippen molar-refractivity contribution >= 4 is 21.2 Å². The molecule has 1 aliphatic rings. The van der Waals surface area contributed by atoms with E-state index in [0.717, 1.165) is 13.0 Å². The first kappa shape index (κ1) is 15.7. The number of hydrogen-bond donors (Lipinski definition) is 1. The van der Waals surface area contributed by atoms with Crippen LogP contribution in [0, 0.1) is 0 Å². The SMILES string of the molecule is CN(C)CCCn1ncc2c(c1=O)Nc1ccccc1S2(=O)=O. The third-order valence-electron chi connectivity index (χ3n) is 3.71. The zero-order valence-electron chi connectivity index (χ0n) is 13.0. The highest BCUT2D eigenvalue weighted by Crippen LogP contribution is 2.36. The third kappa shape index (κ3) is 2.75. The molecule has 1 aromatic heterocycles. The van der Waals surface area contributed by atoms with Crippen LogP contribution in [-0.2, 0) is 16.4 Å². The maximum Gasteiger partial charge on any atom is 0.291 e. The van der Waals surface area contributed by atoms with E-state index in [1.54, 1.807) is 18.2 Å². The molecule has 2 heterocycles. The van der Waals surface area contributed by atoms with Crippen LogP contribution in [0.5, 0.6) is 0 Å². The molecule has 0 saturated carbocycles. The summed E-state index contributed by atoms with van der Waals surface area (Å²) in [5, 5.41) is 6.96. The van der Waals surface area contributed by atoms with Crippen LogP contribution in [0.1, 0.15) is 6.42 Å². The molecule has 0 unspecified atom stereocenters. The molecule has 1 N–H and O–H groups in total. The van der Waals surface area contributed by atoms with E-state index < -0.39 is 15.4 Å². The molecule has 2 aromatic rings. The minimum atomic E-state index is -3.72. The van der Waals surface area contributed by atoms with Crippen LogP contribution < -0.4 is 10.9 Å². The van der Waals surface area contributed by atoms with E-state index in [1.807, 2.05) is 19.0 Å². The summed E-state index contributed by atoms with van der Waals surface area (Å²) < 4.78 is 26.6. The average molecular weight is 334 g/mol. The van der Waals surface area contributed by atoms with Crippen LogP contribution >= 0.6 is 0 Å². The van der Waals surface area contributed by atoms with Crippen molar-refractivity contribution in [2.24, 2.45) is 0 Å². The normalized spacial score (nSPS) is 14.9. The number of aromatic nitrogens is 2. The topological polar surface area (TPSA) is 84.3 Å². The van der Waals surface area contributed by atoms with Gasteiger partial charge in [0.2, 0.25) is 9.84 Å². The van der Waals surface area contributed by atoms with E-state index in [0.29, 0.717) is 12.2 Å². The molecule has 0 aliphatic carbocycles. The number of nitrogens with one attached hydrogen (secondary N) is 1. The Morgan fingerprint density at radius 1 is 1.22 bits per heavy atom. The van der Waals surface area contributed by atoms with E-state index in [2.05, 4.69) is 10.4 Å². The summed E-state index contributed by atoms with van der Waals surface area (Å²) in [6.45, 7) is 1.26. The predicted octanol–water partition coefficient (Wildman–Crippen LogP) is 1.08. The van der Waals surface area contributed by atoms with E-state index in [4.69, 9.17) is 0 Å². The lowest BCUT2D eigenvalue weighted by atomic mass is 10.3. The predicted molar refractivity (Wildman–Crippen MR) is 86.8 cm³/mol. The third-order valence-corrected chi connectivity index (χ3v) is 5.53. The van der Waals surface area contributed by atoms with Gasteiger partial charge in [-0.3, -0.25) is 4.79 Å². The van der Waals surface area contributed by atoms with Crippen molar-refractivity contribution in [3.63, 3.8) is 0 Å². The van der Waals surface area contributed by atoms with Gasteiger partial charge in [0, 0.05) is 6.54 Å². The second-order valence-electron chi connectivity index (χ2n) is 5.69. The van der Waals surface area contributed by atoms with Gasteiger partial charge in [0.1, 0.15) is 10.6 Å². The molecule has 0 atom stereocenters. The van der Waals surface area contributed by atoms with Gasteiger partial charge >= 0.3 is 0 Å². The summed E-state index contributed by atoms with van der Waals surface area (Å²) in [7, 11) is 0.184. The monoisotopic (exact) mass is 334 g/mol. The number of anilines is 2. The lowest BCUT2D eigenvalue weighted by Gasteiger charge is -2.21. The van der Waals surface area contributed by atoms with Crippen LogP contribution in [0.3, 0.4) is 0 Å². The first-order valence-corrected chi connectivity index (χ1v) is 8.75. The molecule has 1 aromatic carbocycles. The summed E-state index contributed by atoms with van der Waals surface area (Å²) in [4.78, 5) is 14.7. The molecule has 122 valence electrons. The molecule has 0 bridgehead atoms. The average Bonchev–Trinajstić information content (AvgIpc) is 2.50. The zero-order chi connectivity index (χ0) is 16.6. The molecular weight excluding hydrogens is 316 g/mol. The smallest absolute Gasteiger partial charge is 0.291 e. The number of aryl methyl sites for hydroxylation is 1. The Kier molecular flexibility index (Phi) is 3.95. The zero-order valence-corrected chi connectivity index (χ0v) is 13.8. The van der Waals surface area contributed by atoms with Crippen molar-refractivity contribution in [3.05, 3.63) is 40.8 Å². The first-order chi connectivity index (χ1) is 10.9. The van der Waals surface area contributed by atoms with Gasteiger partial charge in [-0.1, -0.05) is 12.1 Å². The molecule has 8 heteroatoms. The molecule has 3 rings (SSSR count). The largest absolute Gasteiger partial charge is 0.349 e. The Balaban J connectivity index is 2.02. The number of para-hydroxylation sites is 1. The maximum atomic E-state index is 12.6. The number of hydrogen-bond acceptors (Lipinski definition) is 6. The van der Waals surface area contributed by atoms with Gasteiger partial charge in [0.05, 0.1) is 16.8 Å². The molecular formula is C15H18N4O3S. The van der Waals surface area contributed by atoms with Gasteiger partial charge in [-0.05, 0) is 39.2 Å². The molecule has 7 nitrogen and oxygen atoms in total. The van der Waals surface area contributed by atoms with Gasteiger partial charge in [-0.15, -0.1) is 0 Å². The summed E-state index contributed by atoms with van der Waals surface area (Å²) in [6, 6.07) is 6.54. The molecule has 23 heavy (non-hydrogen) atoms. The lowest BCUT2D eigenvalue weighted by Crippen LogP contribution is -2.30. The summed E-state index contributed by atoms with van der Waals surface area (Å²) in [5.41, 5.74) is 0.0750. The van der Waals surface area contributed by atoms with Gasteiger partial charge in [0.15, 0.2) is 0 Å². The van der Waals surface area contributed by atoms with Crippen LogP contribution in [0.2, 0.25) is 0 Å². The molecule has 0 radical (unpaired) electrons. The van der Waals surface area contributed by atoms with E-state index >= 15 is 0 Å². The van der Waals surface area contributed by atoms with Crippen LogP contribution in [0.25, 0.3) is 0 Å². The Bertz CT molecular complexity index is 903. The van der Waals surface area contributed by atoms with Gasteiger partial charge in [-0.25, -0.2) is 13.1 Å². The van der Waals surface area contributed by atoms with E-state index in [1.165, 1.54) is 16.9 Å². The number of nitrogens with zero attached hydrogens (tertiary/aromatic N) is 3. The highest BCUT2D eigenvalue weighted by molar-refractivity contribution is 7.92.